The van der Waals surface area contributed by atoms with Crippen LogP contribution in [0.3, 0.4) is 0 Å². The lowest BCUT2D eigenvalue weighted by atomic mass is 10.2. The van der Waals surface area contributed by atoms with Gasteiger partial charge >= 0.3 is 0 Å². The predicted molar refractivity (Wildman–Crippen MR) is 53.8 cm³/mol. The van der Waals surface area contributed by atoms with Gasteiger partial charge in [0.15, 0.2) is 11.3 Å². The van der Waals surface area contributed by atoms with Gasteiger partial charge in [-0.25, -0.2) is 0 Å². The zero-order valence-corrected chi connectivity index (χ0v) is 8.16. The van der Waals surface area contributed by atoms with Crippen molar-refractivity contribution >= 4 is 11.0 Å². The molecule has 0 bridgehead atoms. The molecular formula is C11H11O3. The summed E-state index contributed by atoms with van der Waals surface area (Å²) in [4.78, 5) is 0. The van der Waals surface area contributed by atoms with Crippen LogP contribution in [0.25, 0.3) is 11.0 Å². The molecule has 0 fully saturated rings. The van der Waals surface area contributed by atoms with Crippen LogP contribution < -0.4 is 9.47 Å². The summed E-state index contributed by atoms with van der Waals surface area (Å²) >= 11 is 0. The second kappa shape index (κ2) is 3.25. The second-order valence-corrected chi connectivity index (χ2v) is 2.96. The highest BCUT2D eigenvalue weighted by molar-refractivity contribution is 5.85. The Hall–Kier alpha value is -1.64. The molecule has 0 saturated heterocycles. The normalized spacial score (nSPS) is 10.5. The Bertz CT molecular complexity index is 457. The van der Waals surface area contributed by atoms with Crippen LogP contribution in [0.2, 0.25) is 0 Å². The quantitative estimate of drug-likeness (QED) is 0.731. The van der Waals surface area contributed by atoms with E-state index in [0.717, 1.165) is 11.1 Å². The largest absolute Gasteiger partial charge is 0.497 e. The maximum atomic E-state index is 5.40. The summed E-state index contributed by atoms with van der Waals surface area (Å²) < 4.78 is 15.7. The Morgan fingerprint density at radius 1 is 1.14 bits per heavy atom. The van der Waals surface area contributed by atoms with Crippen LogP contribution in [0, 0.1) is 6.92 Å². The van der Waals surface area contributed by atoms with Crippen LogP contribution in [-0.2, 0) is 0 Å². The number of furan rings is 1. The highest BCUT2D eigenvalue weighted by Crippen LogP contribution is 2.32. The first-order chi connectivity index (χ1) is 6.74. The summed E-state index contributed by atoms with van der Waals surface area (Å²) in [6, 6.07) is 5.52. The molecule has 3 nitrogen and oxygen atoms in total. The fourth-order valence-electron chi connectivity index (χ4n) is 1.42. The first-order valence-corrected chi connectivity index (χ1v) is 4.22. The third-order valence-corrected chi connectivity index (χ3v) is 2.06. The van der Waals surface area contributed by atoms with Crippen LogP contribution in [-0.4, -0.2) is 14.2 Å². The van der Waals surface area contributed by atoms with Crippen LogP contribution in [0.1, 0.15) is 5.76 Å². The summed E-state index contributed by atoms with van der Waals surface area (Å²) in [5.41, 5.74) is 0.707. The molecule has 3 heteroatoms. The van der Waals surface area contributed by atoms with E-state index in [1.165, 1.54) is 0 Å². The summed E-state index contributed by atoms with van der Waals surface area (Å²) in [5, 5.41) is 0.936. The molecule has 0 aliphatic carbocycles. The van der Waals surface area contributed by atoms with Gasteiger partial charge < -0.3 is 13.9 Å². The van der Waals surface area contributed by atoms with Crippen molar-refractivity contribution in [2.75, 3.05) is 14.2 Å². The molecule has 1 aromatic heterocycles. The van der Waals surface area contributed by atoms with Gasteiger partial charge in [-0.05, 0) is 12.1 Å². The first kappa shape index (κ1) is 8.94. The average Bonchev–Trinajstić information content (AvgIpc) is 2.56. The molecule has 0 N–H and O–H groups in total. The number of ether oxygens (including phenoxy) is 2. The SMILES string of the molecule is [CH2]c1cc2cc(OC)cc(OC)c2o1. The molecule has 0 aliphatic rings. The van der Waals surface area contributed by atoms with Gasteiger partial charge in [-0.2, -0.15) is 0 Å². The number of fused-ring (bicyclic) bond motifs is 1. The summed E-state index contributed by atoms with van der Waals surface area (Å²) in [7, 11) is 3.21. The summed E-state index contributed by atoms with van der Waals surface area (Å²) in [5.74, 6) is 2.02. The fraction of sp³-hybridized carbons (Fsp3) is 0.182. The van der Waals surface area contributed by atoms with Crippen LogP contribution >= 0.6 is 0 Å². The molecule has 1 aromatic carbocycles. The molecule has 14 heavy (non-hydrogen) atoms. The average molecular weight is 191 g/mol. The van der Waals surface area contributed by atoms with E-state index in [0.29, 0.717) is 17.1 Å². The smallest absolute Gasteiger partial charge is 0.176 e. The molecule has 1 heterocycles. The molecule has 0 unspecified atom stereocenters. The predicted octanol–water partition coefficient (Wildman–Crippen LogP) is 2.63. The van der Waals surface area contributed by atoms with Gasteiger partial charge in [0.2, 0.25) is 0 Å². The van der Waals surface area contributed by atoms with Crippen molar-refractivity contribution in [2.24, 2.45) is 0 Å². The third kappa shape index (κ3) is 1.31. The van der Waals surface area contributed by atoms with E-state index in [1.54, 1.807) is 20.3 Å². The molecular weight excluding hydrogens is 180 g/mol. The van der Waals surface area contributed by atoms with Crippen molar-refractivity contribution in [3.63, 3.8) is 0 Å². The summed E-state index contributed by atoms with van der Waals surface area (Å²) in [6.07, 6.45) is 0. The van der Waals surface area contributed by atoms with Crippen molar-refractivity contribution in [3.05, 3.63) is 30.9 Å². The van der Waals surface area contributed by atoms with Gasteiger partial charge in [-0.3, -0.25) is 0 Å². The molecule has 0 atom stereocenters. The Morgan fingerprint density at radius 2 is 1.93 bits per heavy atom. The van der Waals surface area contributed by atoms with Gasteiger partial charge in [0.25, 0.3) is 0 Å². The zero-order chi connectivity index (χ0) is 10.1. The monoisotopic (exact) mass is 191 g/mol. The highest BCUT2D eigenvalue weighted by atomic mass is 16.5. The molecule has 0 spiro atoms. The molecule has 2 rings (SSSR count). The van der Waals surface area contributed by atoms with Crippen molar-refractivity contribution in [1.82, 2.24) is 0 Å². The van der Waals surface area contributed by atoms with E-state index in [-0.39, 0.29) is 0 Å². The standard InChI is InChI=1S/C11H11O3/c1-7-4-8-5-9(12-2)6-10(13-3)11(8)14-7/h4-6H,1H2,2-3H3. The van der Waals surface area contributed by atoms with Gasteiger partial charge in [0.1, 0.15) is 11.5 Å². The minimum absolute atomic E-state index is 0.617. The minimum atomic E-state index is 0.617. The Morgan fingerprint density at radius 3 is 2.57 bits per heavy atom. The molecule has 0 amide bonds. The number of benzene rings is 1. The number of methoxy groups -OCH3 is 2. The summed E-state index contributed by atoms with van der Waals surface area (Å²) in [6.45, 7) is 3.73. The van der Waals surface area contributed by atoms with E-state index in [4.69, 9.17) is 13.9 Å². The second-order valence-electron chi connectivity index (χ2n) is 2.96. The lowest BCUT2D eigenvalue weighted by molar-refractivity contribution is 0.392. The van der Waals surface area contributed by atoms with E-state index in [2.05, 4.69) is 6.92 Å². The van der Waals surface area contributed by atoms with Crippen LogP contribution in [0.4, 0.5) is 0 Å². The van der Waals surface area contributed by atoms with E-state index < -0.39 is 0 Å². The van der Waals surface area contributed by atoms with E-state index >= 15 is 0 Å². The number of hydrogen-bond donors (Lipinski definition) is 0. The van der Waals surface area contributed by atoms with Gasteiger partial charge in [-0.15, -0.1) is 0 Å². The molecule has 0 saturated carbocycles. The molecule has 0 aliphatic heterocycles. The number of rotatable bonds is 2. The zero-order valence-electron chi connectivity index (χ0n) is 8.16. The van der Waals surface area contributed by atoms with Gasteiger partial charge in [-0.1, -0.05) is 0 Å². The van der Waals surface area contributed by atoms with Gasteiger partial charge in [0.05, 0.1) is 14.2 Å². The van der Waals surface area contributed by atoms with Crippen molar-refractivity contribution in [3.8, 4) is 11.5 Å². The molecule has 73 valence electrons. The van der Waals surface area contributed by atoms with Crippen molar-refractivity contribution < 1.29 is 13.9 Å². The third-order valence-electron chi connectivity index (χ3n) is 2.06. The molecule has 2 aromatic rings. The highest BCUT2D eigenvalue weighted by Gasteiger charge is 2.09. The lowest BCUT2D eigenvalue weighted by Crippen LogP contribution is -1.86. The Labute approximate surface area is 82.2 Å². The van der Waals surface area contributed by atoms with Crippen LogP contribution in [0.5, 0.6) is 11.5 Å². The first-order valence-electron chi connectivity index (χ1n) is 4.22. The fourth-order valence-corrected chi connectivity index (χ4v) is 1.42. The lowest BCUT2D eigenvalue weighted by Gasteiger charge is -2.03. The van der Waals surface area contributed by atoms with Gasteiger partial charge in [0, 0.05) is 18.4 Å². The van der Waals surface area contributed by atoms with Crippen molar-refractivity contribution in [1.29, 1.82) is 0 Å². The maximum Gasteiger partial charge on any atom is 0.176 e. The Kier molecular flexibility index (Phi) is 2.08. The van der Waals surface area contributed by atoms with Crippen LogP contribution in [0.15, 0.2) is 22.6 Å². The van der Waals surface area contributed by atoms with E-state index in [9.17, 15) is 0 Å². The van der Waals surface area contributed by atoms with Crippen molar-refractivity contribution in [2.45, 2.75) is 0 Å². The minimum Gasteiger partial charge on any atom is -0.497 e. The Balaban J connectivity index is 2.72. The van der Waals surface area contributed by atoms with E-state index in [1.807, 2.05) is 12.1 Å². The number of hydrogen-bond acceptors (Lipinski definition) is 3. The maximum absolute atomic E-state index is 5.40. The molecule has 1 radical (unpaired) electrons. The topological polar surface area (TPSA) is 31.6 Å².